The van der Waals surface area contributed by atoms with Gasteiger partial charge in [0.2, 0.25) is 0 Å². The Morgan fingerprint density at radius 3 is 2.79 bits per heavy atom. The van der Waals surface area contributed by atoms with E-state index in [2.05, 4.69) is 23.9 Å². The van der Waals surface area contributed by atoms with Crippen molar-refractivity contribution >= 4 is 28.6 Å². The van der Waals surface area contributed by atoms with Crippen LogP contribution in [0, 0.1) is 12.8 Å². The number of hydrogen-bond acceptors (Lipinski definition) is 3. The lowest BCUT2D eigenvalue weighted by Crippen LogP contribution is -2.07. The summed E-state index contributed by atoms with van der Waals surface area (Å²) in [5, 5.41) is 14.2. The number of fused-ring (bicyclic) bond motifs is 1. The smallest absolute Gasteiger partial charge is 0.339 e. The highest BCUT2D eigenvalue weighted by molar-refractivity contribution is 6.38. The van der Waals surface area contributed by atoms with Crippen molar-refractivity contribution in [3.8, 4) is 0 Å². The van der Waals surface area contributed by atoms with Gasteiger partial charge in [-0.15, -0.1) is 0 Å². The van der Waals surface area contributed by atoms with E-state index < -0.39 is 5.97 Å². The number of rotatable bonds is 4. The molecule has 19 heavy (non-hydrogen) atoms. The molecule has 2 heterocycles. The van der Waals surface area contributed by atoms with Crippen LogP contribution in [0.2, 0.25) is 5.02 Å². The molecule has 0 bridgehead atoms. The number of hydrogen-bond donors (Lipinski definition) is 1. The zero-order valence-corrected chi connectivity index (χ0v) is 11.9. The number of halogens is 1. The van der Waals surface area contributed by atoms with Gasteiger partial charge in [-0.1, -0.05) is 25.4 Å². The second-order valence-corrected chi connectivity index (χ2v) is 5.36. The van der Waals surface area contributed by atoms with Gasteiger partial charge in [-0.25, -0.2) is 14.5 Å². The molecule has 0 saturated heterocycles. The predicted octanol–water partition coefficient (Wildman–Crippen LogP) is 3.14. The predicted molar refractivity (Wildman–Crippen MR) is 73.7 cm³/mol. The Morgan fingerprint density at radius 2 is 2.21 bits per heavy atom. The van der Waals surface area contributed by atoms with Crippen LogP contribution < -0.4 is 0 Å². The summed E-state index contributed by atoms with van der Waals surface area (Å²) in [6.07, 6.45) is 2.56. The zero-order chi connectivity index (χ0) is 14.2. The highest BCUT2D eigenvalue weighted by Gasteiger charge is 2.19. The van der Waals surface area contributed by atoms with E-state index in [1.807, 2.05) is 0 Å². The van der Waals surface area contributed by atoms with Gasteiger partial charge in [-0.3, -0.25) is 0 Å². The van der Waals surface area contributed by atoms with Crippen LogP contribution in [0.5, 0.6) is 0 Å². The molecule has 0 atom stereocenters. The lowest BCUT2D eigenvalue weighted by molar-refractivity contribution is 0.0696. The molecule has 0 unspecified atom stereocenters. The molecule has 0 spiro atoms. The normalized spacial score (nSPS) is 11.4. The van der Waals surface area contributed by atoms with Crippen LogP contribution in [-0.4, -0.2) is 25.8 Å². The number of nitrogens with zero attached hydrogens (tertiary/aromatic N) is 3. The van der Waals surface area contributed by atoms with Crippen molar-refractivity contribution in [2.75, 3.05) is 0 Å². The van der Waals surface area contributed by atoms with Gasteiger partial charge in [0, 0.05) is 6.54 Å². The van der Waals surface area contributed by atoms with Crippen molar-refractivity contribution < 1.29 is 9.90 Å². The molecule has 102 valence electrons. The third kappa shape index (κ3) is 2.56. The maximum Gasteiger partial charge on any atom is 0.339 e. The van der Waals surface area contributed by atoms with Gasteiger partial charge in [-0.05, 0) is 19.3 Å². The Bertz CT molecular complexity index is 634. The molecular weight excluding hydrogens is 266 g/mol. The van der Waals surface area contributed by atoms with Gasteiger partial charge < -0.3 is 5.11 Å². The number of aryl methyl sites for hydroxylation is 2. The van der Waals surface area contributed by atoms with Crippen LogP contribution in [-0.2, 0) is 6.54 Å². The fourth-order valence-electron chi connectivity index (χ4n) is 1.95. The first-order chi connectivity index (χ1) is 8.91. The number of carboxylic acid groups (broad SMARTS) is 1. The Labute approximate surface area is 116 Å². The number of carbonyl (C=O) groups is 1. The average molecular weight is 282 g/mol. The van der Waals surface area contributed by atoms with Gasteiger partial charge in [-0.2, -0.15) is 5.10 Å². The second-order valence-electron chi connectivity index (χ2n) is 4.98. The van der Waals surface area contributed by atoms with E-state index in [0.29, 0.717) is 22.6 Å². The first-order valence-corrected chi connectivity index (χ1v) is 6.54. The SMILES string of the molecule is Cc1nc2c(cnn2CCC(C)C)c(Cl)c1C(=O)O. The third-order valence-corrected chi connectivity index (χ3v) is 3.43. The molecular formula is C13H16ClN3O2. The standard InChI is InChI=1S/C13H16ClN3O2/c1-7(2)4-5-17-12-9(6-15-17)11(14)10(13(18)19)8(3)16-12/h6-7H,4-5H2,1-3H3,(H,18,19). The number of aromatic carboxylic acids is 1. The van der Waals surface area contributed by atoms with Gasteiger partial charge in [0.15, 0.2) is 5.65 Å². The Balaban J connectivity index is 2.53. The Hall–Kier alpha value is -1.62. The monoisotopic (exact) mass is 281 g/mol. The highest BCUT2D eigenvalue weighted by atomic mass is 35.5. The molecule has 2 aromatic heterocycles. The summed E-state index contributed by atoms with van der Waals surface area (Å²) >= 11 is 6.14. The fourth-order valence-corrected chi connectivity index (χ4v) is 2.30. The fraction of sp³-hybridized carbons (Fsp3) is 0.462. The molecule has 5 nitrogen and oxygen atoms in total. The lowest BCUT2D eigenvalue weighted by Gasteiger charge is -2.08. The number of aromatic nitrogens is 3. The molecule has 0 aliphatic rings. The summed E-state index contributed by atoms with van der Waals surface area (Å²) < 4.78 is 1.78. The molecule has 0 radical (unpaired) electrons. The molecule has 0 aliphatic carbocycles. The van der Waals surface area contributed by atoms with E-state index in [-0.39, 0.29) is 10.6 Å². The topological polar surface area (TPSA) is 68.0 Å². The van der Waals surface area contributed by atoms with E-state index in [1.54, 1.807) is 17.8 Å². The molecule has 0 aromatic carbocycles. The van der Waals surface area contributed by atoms with E-state index >= 15 is 0 Å². The number of carboxylic acids is 1. The molecule has 2 rings (SSSR count). The van der Waals surface area contributed by atoms with Crippen LogP contribution in [0.4, 0.5) is 0 Å². The van der Waals surface area contributed by atoms with Crippen LogP contribution in [0.1, 0.15) is 36.3 Å². The third-order valence-electron chi connectivity index (χ3n) is 3.04. The first-order valence-electron chi connectivity index (χ1n) is 6.16. The maximum absolute atomic E-state index is 11.2. The Morgan fingerprint density at radius 1 is 1.53 bits per heavy atom. The Kier molecular flexibility index (Phi) is 3.75. The van der Waals surface area contributed by atoms with Crippen molar-refractivity contribution in [3.05, 3.63) is 22.5 Å². The quantitative estimate of drug-likeness (QED) is 0.935. The summed E-state index contributed by atoms with van der Waals surface area (Å²) in [6, 6.07) is 0. The van der Waals surface area contributed by atoms with Crippen LogP contribution >= 0.6 is 11.6 Å². The van der Waals surface area contributed by atoms with E-state index in [4.69, 9.17) is 16.7 Å². The average Bonchev–Trinajstić information content (AvgIpc) is 2.69. The van der Waals surface area contributed by atoms with Crippen LogP contribution in [0.25, 0.3) is 11.0 Å². The van der Waals surface area contributed by atoms with Crippen molar-refractivity contribution in [1.82, 2.24) is 14.8 Å². The summed E-state index contributed by atoms with van der Waals surface area (Å²) in [5.74, 6) is -0.499. The van der Waals surface area contributed by atoms with E-state index in [0.717, 1.165) is 13.0 Å². The summed E-state index contributed by atoms with van der Waals surface area (Å²) in [5.41, 5.74) is 1.11. The molecule has 0 aliphatic heterocycles. The molecule has 0 amide bonds. The van der Waals surface area contributed by atoms with Crippen LogP contribution in [0.15, 0.2) is 6.20 Å². The highest BCUT2D eigenvalue weighted by Crippen LogP contribution is 2.28. The molecule has 1 N–H and O–H groups in total. The minimum absolute atomic E-state index is 0.0533. The number of pyridine rings is 1. The minimum Gasteiger partial charge on any atom is -0.478 e. The van der Waals surface area contributed by atoms with Crippen LogP contribution in [0.3, 0.4) is 0 Å². The zero-order valence-electron chi connectivity index (χ0n) is 11.1. The van der Waals surface area contributed by atoms with Gasteiger partial charge in [0.05, 0.1) is 22.3 Å². The van der Waals surface area contributed by atoms with E-state index in [9.17, 15) is 4.79 Å². The van der Waals surface area contributed by atoms with Gasteiger partial charge in [0.25, 0.3) is 0 Å². The summed E-state index contributed by atoms with van der Waals surface area (Å²) in [6.45, 7) is 6.67. The second kappa shape index (κ2) is 5.17. The van der Waals surface area contributed by atoms with Crippen molar-refractivity contribution in [2.24, 2.45) is 5.92 Å². The van der Waals surface area contributed by atoms with Crippen molar-refractivity contribution in [3.63, 3.8) is 0 Å². The molecule has 2 aromatic rings. The molecule has 6 heteroatoms. The van der Waals surface area contributed by atoms with Crippen molar-refractivity contribution in [2.45, 2.75) is 33.7 Å². The van der Waals surface area contributed by atoms with Gasteiger partial charge >= 0.3 is 5.97 Å². The lowest BCUT2D eigenvalue weighted by atomic mass is 10.1. The largest absolute Gasteiger partial charge is 0.478 e. The van der Waals surface area contributed by atoms with Gasteiger partial charge in [0.1, 0.15) is 5.56 Å². The minimum atomic E-state index is -1.06. The summed E-state index contributed by atoms with van der Waals surface area (Å²) in [7, 11) is 0. The van der Waals surface area contributed by atoms with Crippen molar-refractivity contribution in [1.29, 1.82) is 0 Å². The molecule has 0 saturated carbocycles. The first kappa shape index (κ1) is 13.8. The van der Waals surface area contributed by atoms with E-state index in [1.165, 1.54) is 0 Å². The molecule has 0 fully saturated rings. The summed E-state index contributed by atoms with van der Waals surface area (Å²) in [4.78, 5) is 15.5. The maximum atomic E-state index is 11.2.